The highest BCUT2D eigenvalue weighted by Gasteiger charge is 2.17. The van der Waals surface area contributed by atoms with Crippen molar-refractivity contribution >= 4 is 0 Å². The SMILES string of the molecule is CCN(CC(N)c1cc(C)ccc1OC)C(C)C. The van der Waals surface area contributed by atoms with Gasteiger partial charge in [-0.15, -0.1) is 0 Å². The van der Waals surface area contributed by atoms with Gasteiger partial charge >= 0.3 is 0 Å². The van der Waals surface area contributed by atoms with Gasteiger partial charge in [-0.2, -0.15) is 0 Å². The number of nitrogens with zero attached hydrogens (tertiary/aromatic N) is 1. The summed E-state index contributed by atoms with van der Waals surface area (Å²) in [6.07, 6.45) is 0. The first-order chi connectivity index (χ1) is 8.49. The third-order valence-corrected chi connectivity index (χ3v) is 3.35. The van der Waals surface area contributed by atoms with Crippen LogP contribution >= 0.6 is 0 Å². The van der Waals surface area contributed by atoms with Crippen molar-refractivity contribution in [1.29, 1.82) is 0 Å². The highest BCUT2D eigenvalue weighted by molar-refractivity contribution is 5.39. The zero-order chi connectivity index (χ0) is 13.7. The van der Waals surface area contributed by atoms with Crippen molar-refractivity contribution in [1.82, 2.24) is 4.90 Å². The lowest BCUT2D eigenvalue weighted by molar-refractivity contribution is 0.218. The highest BCUT2D eigenvalue weighted by Crippen LogP contribution is 2.25. The van der Waals surface area contributed by atoms with Crippen LogP contribution in [0.2, 0.25) is 0 Å². The quantitative estimate of drug-likeness (QED) is 0.843. The number of likely N-dealkylation sites (N-methyl/N-ethyl adjacent to an activating group) is 1. The maximum Gasteiger partial charge on any atom is 0.123 e. The number of ether oxygens (including phenoxy) is 1. The molecule has 0 aliphatic carbocycles. The molecule has 18 heavy (non-hydrogen) atoms. The summed E-state index contributed by atoms with van der Waals surface area (Å²) in [5.74, 6) is 0.882. The van der Waals surface area contributed by atoms with E-state index >= 15 is 0 Å². The summed E-state index contributed by atoms with van der Waals surface area (Å²) >= 11 is 0. The van der Waals surface area contributed by atoms with Crippen LogP contribution < -0.4 is 10.5 Å². The first kappa shape index (κ1) is 15.0. The largest absolute Gasteiger partial charge is 0.496 e. The van der Waals surface area contributed by atoms with Gasteiger partial charge in [0.15, 0.2) is 0 Å². The Morgan fingerprint density at radius 1 is 1.33 bits per heavy atom. The maximum atomic E-state index is 6.33. The summed E-state index contributed by atoms with van der Waals surface area (Å²) < 4.78 is 5.40. The molecular formula is C15H26N2O. The first-order valence-electron chi connectivity index (χ1n) is 6.63. The standard InChI is InChI=1S/C15H26N2O/c1-6-17(11(2)3)10-14(16)13-9-12(4)7-8-15(13)18-5/h7-9,11,14H,6,10,16H2,1-5H3. The summed E-state index contributed by atoms with van der Waals surface area (Å²) in [6, 6.07) is 6.67. The van der Waals surface area contributed by atoms with Gasteiger partial charge in [-0.1, -0.05) is 24.6 Å². The van der Waals surface area contributed by atoms with Crippen LogP contribution in [0.1, 0.15) is 37.9 Å². The van der Waals surface area contributed by atoms with Gasteiger partial charge in [0.05, 0.1) is 7.11 Å². The lowest BCUT2D eigenvalue weighted by atomic mass is 10.0. The van der Waals surface area contributed by atoms with Crippen LogP contribution in [-0.4, -0.2) is 31.1 Å². The zero-order valence-electron chi connectivity index (χ0n) is 12.2. The third-order valence-electron chi connectivity index (χ3n) is 3.35. The van der Waals surface area contributed by atoms with Crippen molar-refractivity contribution < 1.29 is 4.74 Å². The molecule has 1 aromatic carbocycles. The van der Waals surface area contributed by atoms with Crippen LogP contribution in [0, 0.1) is 6.92 Å². The van der Waals surface area contributed by atoms with Gasteiger partial charge < -0.3 is 10.5 Å². The van der Waals surface area contributed by atoms with E-state index in [1.807, 2.05) is 6.07 Å². The fourth-order valence-corrected chi connectivity index (χ4v) is 2.20. The molecule has 0 aromatic heterocycles. The van der Waals surface area contributed by atoms with Gasteiger partial charge in [0.2, 0.25) is 0 Å². The lowest BCUT2D eigenvalue weighted by Crippen LogP contribution is -2.37. The Kier molecular flexibility index (Phi) is 5.63. The average molecular weight is 250 g/mol. The van der Waals surface area contributed by atoms with E-state index in [1.165, 1.54) is 5.56 Å². The second kappa shape index (κ2) is 6.76. The molecule has 3 heteroatoms. The molecule has 1 rings (SSSR count). The zero-order valence-corrected chi connectivity index (χ0v) is 12.2. The molecule has 0 saturated heterocycles. The van der Waals surface area contributed by atoms with Crippen LogP contribution in [0.25, 0.3) is 0 Å². The lowest BCUT2D eigenvalue weighted by Gasteiger charge is -2.28. The predicted molar refractivity (Wildman–Crippen MR) is 77.0 cm³/mol. The van der Waals surface area contributed by atoms with Gasteiger partial charge in [-0.3, -0.25) is 4.90 Å². The number of hydrogen-bond donors (Lipinski definition) is 1. The molecule has 0 spiro atoms. The number of methoxy groups -OCH3 is 1. The molecule has 0 aliphatic heterocycles. The summed E-state index contributed by atoms with van der Waals surface area (Å²) in [6.45, 7) is 10.5. The average Bonchev–Trinajstić information content (AvgIpc) is 2.35. The Hall–Kier alpha value is -1.06. The highest BCUT2D eigenvalue weighted by atomic mass is 16.5. The van der Waals surface area contributed by atoms with Crippen molar-refractivity contribution in [3.63, 3.8) is 0 Å². The van der Waals surface area contributed by atoms with Crippen LogP contribution in [0.5, 0.6) is 5.75 Å². The van der Waals surface area contributed by atoms with Gasteiger partial charge in [-0.25, -0.2) is 0 Å². The summed E-state index contributed by atoms with van der Waals surface area (Å²) in [5.41, 5.74) is 8.64. The molecule has 2 N–H and O–H groups in total. The predicted octanol–water partition coefficient (Wildman–Crippen LogP) is 2.73. The topological polar surface area (TPSA) is 38.5 Å². The fraction of sp³-hybridized carbons (Fsp3) is 0.600. The molecular weight excluding hydrogens is 224 g/mol. The van der Waals surface area contributed by atoms with E-state index in [9.17, 15) is 0 Å². The van der Waals surface area contributed by atoms with E-state index < -0.39 is 0 Å². The van der Waals surface area contributed by atoms with Gasteiger partial charge in [0.1, 0.15) is 5.75 Å². The number of benzene rings is 1. The summed E-state index contributed by atoms with van der Waals surface area (Å²) in [4.78, 5) is 2.37. The molecule has 1 aromatic rings. The fourth-order valence-electron chi connectivity index (χ4n) is 2.20. The van der Waals surface area contributed by atoms with E-state index in [-0.39, 0.29) is 6.04 Å². The Balaban J connectivity index is 2.88. The van der Waals surface area contributed by atoms with Crippen molar-refractivity contribution in [3.05, 3.63) is 29.3 Å². The van der Waals surface area contributed by atoms with Crippen LogP contribution in [0.4, 0.5) is 0 Å². The molecule has 0 fully saturated rings. The second-order valence-corrected chi connectivity index (χ2v) is 5.03. The summed E-state index contributed by atoms with van der Waals surface area (Å²) in [5, 5.41) is 0. The van der Waals surface area contributed by atoms with Gasteiger partial charge in [-0.05, 0) is 33.4 Å². The minimum Gasteiger partial charge on any atom is -0.496 e. The summed E-state index contributed by atoms with van der Waals surface area (Å²) in [7, 11) is 1.70. The first-order valence-corrected chi connectivity index (χ1v) is 6.63. The molecule has 0 amide bonds. The second-order valence-electron chi connectivity index (χ2n) is 5.03. The smallest absolute Gasteiger partial charge is 0.123 e. The van der Waals surface area contributed by atoms with Crippen molar-refractivity contribution in [3.8, 4) is 5.75 Å². The van der Waals surface area contributed by atoms with Crippen molar-refractivity contribution in [2.24, 2.45) is 5.73 Å². The van der Waals surface area contributed by atoms with Crippen LogP contribution in [0.15, 0.2) is 18.2 Å². The maximum absolute atomic E-state index is 6.33. The van der Waals surface area contributed by atoms with E-state index in [4.69, 9.17) is 10.5 Å². The number of hydrogen-bond acceptors (Lipinski definition) is 3. The van der Waals surface area contributed by atoms with E-state index in [0.29, 0.717) is 6.04 Å². The van der Waals surface area contributed by atoms with E-state index in [2.05, 4.69) is 44.7 Å². The van der Waals surface area contributed by atoms with Crippen molar-refractivity contribution in [2.75, 3.05) is 20.2 Å². The van der Waals surface area contributed by atoms with Gasteiger partial charge in [0, 0.05) is 24.2 Å². The Labute approximate surface area is 111 Å². The number of rotatable bonds is 6. The number of aryl methyl sites for hydroxylation is 1. The minimum atomic E-state index is -0.0119. The third kappa shape index (κ3) is 3.72. The van der Waals surface area contributed by atoms with Crippen molar-refractivity contribution in [2.45, 2.75) is 39.8 Å². The molecule has 0 saturated carbocycles. The molecule has 0 bridgehead atoms. The van der Waals surface area contributed by atoms with E-state index in [0.717, 1.165) is 24.4 Å². The minimum absolute atomic E-state index is 0.0119. The molecule has 0 radical (unpaired) electrons. The molecule has 3 nitrogen and oxygen atoms in total. The Morgan fingerprint density at radius 3 is 2.50 bits per heavy atom. The normalized spacial score (nSPS) is 13.1. The van der Waals surface area contributed by atoms with Crippen LogP contribution in [0.3, 0.4) is 0 Å². The molecule has 1 unspecified atom stereocenters. The van der Waals surface area contributed by atoms with E-state index in [1.54, 1.807) is 7.11 Å². The molecule has 0 aliphatic rings. The van der Waals surface area contributed by atoms with Gasteiger partial charge in [0.25, 0.3) is 0 Å². The van der Waals surface area contributed by atoms with Crippen LogP contribution in [-0.2, 0) is 0 Å². The number of nitrogens with two attached hydrogens (primary N) is 1. The Morgan fingerprint density at radius 2 is 2.00 bits per heavy atom. The molecule has 1 atom stereocenters. The molecule has 102 valence electrons. The Bertz CT molecular complexity index is 377. The molecule has 0 heterocycles. The monoisotopic (exact) mass is 250 g/mol.